The smallest absolute Gasteiger partial charge is 0.245 e. The van der Waals surface area contributed by atoms with Crippen molar-refractivity contribution < 1.29 is 8.42 Å². The van der Waals surface area contributed by atoms with Crippen molar-refractivity contribution in [3.8, 4) is 0 Å². The van der Waals surface area contributed by atoms with Gasteiger partial charge in [-0.25, -0.2) is 8.42 Å². The van der Waals surface area contributed by atoms with Crippen LogP contribution < -0.4 is 5.73 Å². The van der Waals surface area contributed by atoms with E-state index in [0.717, 1.165) is 11.1 Å². The normalized spacial score (nSPS) is 12.1. The van der Waals surface area contributed by atoms with Crippen LogP contribution in [0.15, 0.2) is 29.7 Å². The van der Waals surface area contributed by atoms with Gasteiger partial charge in [0.1, 0.15) is 4.90 Å². The third-order valence-electron chi connectivity index (χ3n) is 3.10. The van der Waals surface area contributed by atoms with Crippen molar-refractivity contribution in [2.75, 3.05) is 12.3 Å². The van der Waals surface area contributed by atoms with E-state index >= 15 is 0 Å². The molecular formula is C14H22N2O2S. The summed E-state index contributed by atoms with van der Waals surface area (Å²) >= 11 is 0. The van der Waals surface area contributed by atoms with Gasteiger partial charge in [-0.05, 0) is 51.0 Å². The van der Waals surface area contributed by atoms with E-state index in [0.29, 0.717) is 0 Å². The first kappa shape index (κ1) is 15.7. The maximum Gasteiger partial charge on any atom is 0.245 e. The van der Waals surface area contributed by atoms with Crippen LogP contribution in [0.1, 0.15) is 25.0 Å². The quantitative estimate of drug-likeness (QED) is 0.666. The lowest BCUT2D eigenvalue weighted by molar-refractivity contribution is 0.383. The number of benzene rings is 1. The lowest BCUT2D eigenvalue weighted by Gasteiger charge is -2.25. The molecule has 0 saturated heterocycles. The molecule has 0 fully saturated rings. The molecule has 106 valence electrons. The van der Waals surface area contributed by atoms with Crippen LogP contribution >= 0.6 is 0 Å². The monoisotopic (exact) mass is 282 g/mol. The lowest BCUT2D eigenvalue weighted by atomic mass is 10.1. The van der Waals surface area contributed by atoms with Crippen molar-refractivity contribution in [2.45, 2.75) is 38.6 Å². The van der Waals surface area contributed by atoms with Crippen LogP contribution in [-0.4, -0.2) is 25.3 Å². The zero-order chi connectivity index (χ0) is 14.8. The average Bonchev–Trinajstić information content (AvgIpc) is 2.29. The Kier molecular flexibility index (Phi) is 4.76. The van der Waals surface area contributed by atoms with Gasteiger partial charge in [-0.1, -0.05) is 6.08 Å². The number of hydrogen-bond acceptors (Lipinski definition) is 3. The molecule has 0 aliphatic heterocycles. The molecule has 1 rings (SSSR count). The molecule has 0 amide bonds. The van der Waals surface area contributed by atoms with Crippen LogP contribution in [0.4, 0.5) is 5.69 Å². The van der Waals surface area contributed by atoms with Gasteiger partial charge in [-0.15, -0.1) is 6.58 Å². The van der Waals surface area contributed by atoms with Gasteiger partial charge in [0.05, 0.1) is 5.69 Å². The van der Waals surface area contributed by atoms with Crippen molar-refractivity contribution in [2.24, 2.45) is 0 Å². The molecule has 0 atom stereocenters. The molecule has 0 aliphatic rings. The second-order valence-corrected chi connectivity index (χ2v) is 6.79. The van der Waals surface area contributed by atoms with Gasteiger partial charge in [0.15, 0.2) is 0 Å². The number of hydrogen-bond donors (Lipinski definition) is 1. The zero-order valence-corrected chi connectivity index (χ0v) is 12.8. The van der Waals surface area contributed by atoms with Crippen LogP contribution in [0.25, 0.3) is 0 Å². The van der Waals surface area contributed by atoms with E-state index in [1.54, 1.807) is 18.2 Å². The minimum Gasteiger partial charge on any atom is -0.398 e. The summed E-state index contributed by atoms with van der Waals surface area (Å²) in [5.41, 5.74) is 8.06. The maximum atomic E-state index is 12.6. The van der Waals surface area contributed by atoms with E-state index in [1.807, 2.05) is 27.7 Å². The molecule has 0 unspecified atom stereocenters. The summed E-state index contributed by atoms with van der Waals surface area (Å²) in [5.74, 6) is 0. The Morgan fingerprint density at radius 3 is 2.32 bits per heavy atom. The highest BCUT2D eigenvalue weighted by Gasteiger charge is 2.28. The molecule has 0 radical (unpaired) electrons. The highest BCUT2D eigenvalue weighted by atomic mass is 32.2. The van der Waals surface area contributed by atoms with Crippen LogP contribution in [0.5, 0.6) is 0 Å². The summed E-state index contributed by atoms with van der Waals surface area (Å²) < 4.78 is 26.7. The second-order valence-electron chi connectivity index (χ2n) is 4.93. The highest BCUT2D eigenvalue weighted by molar-refractivity contribution is 7.89. The van der Waals surface area contributed by atoms with Gasteiger partial charge in [0, 0.05) is 12.6 Å². The van der Waals surface area contributed by atoms with E-state index < -0.39 is 10.0 Å². The van der Waals surface area contributed by atoms with Gasteiger partial charge >= 0.3 is 0 Å². The van der Waals surface area contributed by atoms with E-state index in [1.165, 1.54) is 4.31 Å². The van der Waals surface area contributed by atoms with Crippen LogP contribution in [0, 0.1) is 13.8 Å². The van der Waals surface area contributed by atoms with Crippen molar-refractivity contribution in [1.29, 1.82) is 0 Å². The Hall–Kier alpha value is -1.33. The van der Waals surface area contributed by atoms with Crippen LogP contribution in [0.2, 0.25) is 0 Å². The molecule has 4 nitrogen and oxygen atoms in total. The molecule has 1 aromatic rings. The molecule has 0 heterocycles. The summed E-state index contributed by atoms with van der Waals surface area (Å²) in [6, 6.07) is 3.19. The van der Waals surface area contributed by atoms with Crippen molar-refractivity contribution in [3.63, 3.8) is 0 Å². The molecule has 0 spiro atoms. The first-order valence-electron chi connectivity index (χ1n) is 6.21. The van der Waals surface area contributed by atoms with Crippen LogP contribution in [-0.2, 0) is 10.0 Å². The minimum absolute atomic E-state index is 0.149. The molecule has 0 saturated carbocycles. The van der Waals surface area contributed by atoms with E-state index in [-0.39, 0.29) is 23.2 Å². The maximum absolute atomic E-state index is 12.6. The van der Waals surface area contributed by atoms with Crippen molar-refractivity contribution >= 4 is 15.7 Å². The highest BCUT2D eigenvalue weighted by Crippen LogP contribution is 2.26. The molecule has 2 N–H and O–H groups in total. The molecule has 19 heavy (non-hydrogen) atoms. The fourth-order valence-electron chi connectivity index (χ4n) is 1.88. The fraction of sp³-hybridized carbons (Fsp3) is 0.429. The van der Waals surface area contributed by atoms with Crippen LogP contribution in [0.3, 0.4) is 0 Å². The number of nitrogens with two attached hydrogens (primary N) is 1. The topological polar surface area (TPSA) is 63.4 Å². The number of nitrogens with zero attached hydrogens (tertiary/aromatic N) is 1. The van der Waals surface area contributed by atoms with E-state index in [4.69, 9.17) is 5.73 Å². The summed E-state index contributed by atoms with van der Waals surface area (Å²) in [6.45, 7) is 11.3. The number of anilines is 1. The van der Waals surface area contributed by atoms with Gasteiger partial charge in [-0.3, -0.25) is 0 Å². The molecular weight excluding hydrogens is 260 g/mol. The van der Waals surface area contributed by atoms with E-state index in [9.17, 15) is 8.42 Å². The fourth-order valence-corrected chi connectivity index (χ4v) is 3.67. The Balaban J connectivity index is 3.41. The largest absolute Gasteiger partial charge is 0.398 e. The number of aryl methyl sites for hydroxylation is 2. The van der Waals surface area contributed by atoms with Crippen molar-refractivity contribution in [1.82, 2.24) is 4.31 Å². The Morgan fingerprint density at radius 2 is 1.84 bits per heavy atom. The minimum atomic E-state index is -3.60. The summed E-state index contributed by atoms with van der Waals surface area (Å²) in [7, 11) is -3.60. The molecule has 0 bridgehead atoms. The second kappa shape index (κ2) is 5.75. The number of rotatable bonds is 5. The summed E-state index contributed by atoms with van der Waals surface area (Å²) in [6.07, 6.45) is 1.58. The Labute approximate surface area is 116 Å². The zero-order valence-electron chi connectivity index (χ0n) is 12.0. The van der Waals surface area contributed by atoms with Gasteiger partial charge < -0.3 is 5.73 Å². The molecule has 5 heteroatoms. The standard InChI is InChI=1S/C14H22N2O2S/c1-6-7-16(10(2)3)19(17,18)14-9-12(5)11(4)8-13(14)15/h6,8-10H,1,7,15H2,2-5H3. The van der Waals surface area contributed by atoms with Gasteiger partial charge in [-0.2, -0.15) is 4.31 Å². The predicted molar refractivity (Wildman–Crippen MR) is 79.6 cm³/mol. The Bertz CT molecular complexity index is 577. The van der Waals surface area contributed by atoms with Crippen molar-refractivity contribution in [3.05, 3.63) is 35.9 Å². The average molecular weight is 282 g/mol. The first-order chi connectivity index (χ1) is 8.71. The third-order valence-corrected chi connectivity index (χ3v) is 5.20. The third kappa shape index (κ3) is 3.16. The number of sulfonamides is 1. The Morgan fingerprint density at radius 1 is 1.32 bits per heavy atom. The summed E-state index contributed by atoms with van der Waals surface area (Å²) in [5, 5.41) is 0. The van der Waals surface area contributed by atoms with E-state index in [2.05, 4.69) is 6.58 Å². The SMILES string of the molecule is C=CCN(C(C)C)S(=O)(=O)c1cc(C)c(C)cc1N. The lowest BCUT2D eigenvalue weighted by Crippen LogP contribution is -2.37. The molecule has 1 aromatic carbocycles. The first-order valence-corrected chi connectivity index (χ1v) is 7.65. The van der Waals surface area contributed by atoms with Gasteiger partial charge in [0.25, 0.3) is 0 Å². The predicted octanol–water partition coefficient (Wildman–Crippen LogP) is 2.47. The number of nitrogen functional groups attached to an aromatic ring is 1. The molecule has 0 aromatic heterocycles. The summed E-state index contributed by atoms with van der Waals surface area (Å²) in [4.78, 5) is 0.172. The molecule has 0 aliphatic carbocycles. The van der Waals surface area contributed by atoms with Gasteiger partial charge in [0.2, 0.25) is 10.0 Å².